The summed E-state index contributed by atoms with van der Waals surface area (Å²) >= 11 is 14.5. The summed E-state index contributed by atoms with van der Waals surface area (Å²) in [5, 5.41) is 0. The number of hydrogen-bond acceptors (Lipinski definition) is 4. The largest absolute Gasteiger partial charge is 0.469 e. The molecule has 0 spiro atoms. The van der Waals surface area contributed by atoms with Crippen molar-refractivity contribution >= 4 is 52.7 Å². The van der Waals surface area contributed by atoms with Gasteiger partial charge in [0, 0.05) is 23.3 Å². The second-order valence-electron chi connectivity index (χ2n) is 2.33. The van der Waals surface area contributed by atoms with Gasteiger partial charge in [-0.15, -0.1) is 46.7 Å². The van der Waals surface area contributed by atoms with Crippen LogP contribution in [-0.2, 0) is 9.53 Å². The molecule has 0 saturated carbocycles. The Kier molecular flexibility index (Phi) is 10.8. The molecule has 0 atom stereocenters. The van der Waals surface area contributed by atoms with Gasteiger partial charge in [0.05, 0.1) is 18.1 Å². The summed E-state index contributed by atoms with van der Waals surface area (Å²) < 4.78 is 4.82. The summed E-state index contributed by atoms with van der Waals surface area (Å²) in [5.41, 5.74) is 0. The number of hydrogen-bond donors (Lipinski definition) is 0. The van der Waals surface area contributed by atoms with E-state index in [1.165, 1.54) is 7.11 Å². The van der Waals surface area contributed by atoms with Crippen molar-refractivity contribution in [3.63, 3.8) is 0 Å². The zero-order valence-corrected chi connectivity index (χ0v) is 11.1. The molecule has 0 amide bonds. The third-order valence-electron chi connectivity index (χ3n) is 1.32. The Morgan fingerprint density at radius 3 is 2.14 bits per heavy atom. The molecule has 0 aliphatic heterocycles. The molecule has 2 nitrogen and oxygen atoms in total. The molecule has 0 fully saturated rings. The van der Waals surface area contributed by atoms with Crippen molar-refractivity contribution in [2.75, 3.05) is 30.4 Å². The van der Waals surface area contributed by atoms with Crippen molar-refractivity contribution in [2.45, 2.75) is 11.0 Å². The van der Waals surface area contributed by atoms with Gasteiger partial charge < -0.3 is 4.74 Å². The Morgan fingerprint density at radius 2 is 1.79 bits per heavy atom. The average Bonchev–Trinajstić information content (AvgIpc) is 2.21. The molecule has 0 aromatic carbocycles. The maximum Gasteiger partial charge on any atom is 0.307 e. The maximum absolute atomic E-state index is 11.0. The molecule has 84 valence electrons. The van der Waals surface area contributed by atoms with Gasteiger partial charge in [0.2, 0.25) is 0 Å². The van der Waals surface area contributed by atoms with Crippen molar-refractivity contribution in [1.82, 2.24) is 0 Å². The van der Waals surface area contributed by atoms with E-state index in [4.69, 9.17) is 23.2 Å². The highest BCUT2D eigenvalue weighted by Crippen LogP contribution is 2.27. The highest BCUT2D eigenvalue weighted by Gasteiger charge is 2.14. The lowest BCUT2D eigenvalue weighted by Crippen LogP contribution is -2.10. The standard InChI is InChI=1S/C8H14Cl2O2S2/c1-12-7(11)6-8(13-4-2-9)14-5-3-10/h8H,2-6H2,1H3. The molecule has 6 heteroatoms. The van der Waals surface area contributed by atoms with Crippen LogP contribution in [0.2, 0.25) is 0 Å². The van der Waals surface area contributed by atoms with Gasteiger partial charge in [-0.3, -0.25) is 4.79 Å². The topological polar surface area (TPSA) is 26.3 Å². The summed E-state index contributed by atoms with van der Waals surface area (Å²) in [6.45, 7) is 0. The Labute approximate surface area is 103 Å². The Hall–Kier alpha value is 0.750. The first-order valence-corrected chi connectivity index (χ1v) is 7.33. The molecule has 0 rings (SSSR count). The Balaban J connectivity index is 3.77. The number of esters is 1. The van der Waals surface area contributed by atoms with Crippen molar-refractivity contribution in [2.24, 2.45) is 0 Å². The van der Waals surface area contributed by atoms with Gasteiger partial charge in [-0.25, -0.2) is 0 Å². The van der Waals surface area contributed by atoms with Crippen molar-refractivity contribution in [3.05, 3.63) is 0 Å². The van der Waals surface area contributed by atoms with E-state index >= 15 is 0 Å². The van der Waals surface area contributed by atoms with Gasteiger partial charge in [-0.05, 0) is 0 Å². The van der Waals surface area contributed by atoms with Gasteiger partial charge in [-0.2, -0.15) is 0 Å². The number of methoxy groups -OCH3 is 1. The molecule has 0 unspecified atom stereocenters. The van der Waals surface area contributed by atoms with Crippen LogP contribution in [0.1, 0.15) is 6.42 Å². The third-order valence-corrected chi connectivity index (χ3v) is 4.92. The van der Waals surface area contributed by atoms with Crippen LogP contribution in [0.15, 0.2) is 0 Å². The van der Waals surface area contributed by atoms with E-state index < -0.39 is 0 Å². The SMILES string of the molecule is COC(=O)CC(SCCCl)SCCCl. The minimum absolute atomic E-state index is 0.181. The zero-order valence-electron chi connectivity index (χ0n) is 8.00. The fourth-order valence-electron chi connectivity index (χ4n) is 0.737. The second kappa shape index (κ2) is 10.3. The van der Waals surface area contributed by atoms with Crippen LogP contribution >= 0.6 is 46.7 Å². The number of ether oxygens (including phenoxy) is 1. The smallest absolute Gasteiger partial charge is 0.307 e. The van der Waals surface area contributed by atoms with E-state index in [9.17, 15) is 4.79 Å². The van der Waals surface area contributed by atoms with E-state index in [1.54, 1.807) is 23.5 Å². The third kappa shape index (κ3) is 8.09. The Bertz CT molecular complexity index is 150. The summed E-state index contributed by atoms with van der Waals surface area (Å²) in [5.74, 6) is 2.71. The molecule has 0 aromatic heterocycles. The molecular weight excluding hydrogens is 263 g/mol. The molecule has 0 N–H and O–H groups in total. The summed E-state index contributed by atoms with van der Waals surface area (Å²) in [6, 6.07) is 0. The molecule has 0 bridgehead atoms. The molecule has 0 aliphatic carbocycles. The lowest BCUT2D eigenvalue weighted by atomic mass is 10.5. The summed E-state index contributed by atoms with van der Waals surface area (Å²) in [4.78, 5) is 11.0. The number of halogens is 2. The van der Waals surface area contributed by atoms with E-state index in [1.807, 2.05) is 0 Å². The molecule has 0 aromatic rings. The predicted molar refractivity (Wildman–Crippen MR) is 66.8 cm³/mol. The van der Waals surface area contributed by atoms with Gasteiger partial charge >= 0.3 is 5.97 Å². The molecule has 0 heterocycles. The van der Waals surface area contributed by atoms with Gasteiger partial charge in [0.15, 0.2) is 0 Å². The van der Waals surface area contributed by atoms with Gasteiger partial charge in [-0.1, -0.05) is 0 Å². The highest BCUT2D eigenvalue weighted by molar-refractivity contribution is 8.17. The first-order chi connectivity index (χ1) is 6.74. The molecule has 0 radical (unpaired) electrons. The molecule has 0 saturated heterocycles. The van der Waals surface area contributed by atoms with Crippen LogP contribution in [0.3, 0.4) is 0 Å². The lowest BCUT2D eigenvalue weighted by Gasteiger charge is -2.13. The van der Waals surface area contributed by atoms with Gasteiger partial charge in [0.1, 0.15) is 0 Å². The quantitative estimate of drug-likeness (QED) is 0.387. The van der Waals surface area contributed by atoms with Gasteiger partial charge in [0.25, 0.3) is 0 Å². The van der Waals surface area contributed by atoms with Crippen LogP contribution in [0.4, 0.5) is 0 Å². The maximum atomic E-state index is 11.0. The van der Waals surface area contributed by atoms with E-state index in [0.717, 1.165) is 11.5 Å². The summed E-state index contributed by atoms with van der Waals surface area (Å²) in [7, 11) is 1.40. The fourth-order valence-corrected chi connectivity index (χ4v) is 3.45. The van der Waals surface area contributed by atoms with Crippen molar-refractivity contribution < 1.29 is 9.53 Å². The Morgan fingerprint density at radius 1 is 1.29 bits per heavy atom. The monoisotopic (exact) mass is 276 g/mol. The molecule has 0 aliphatic rings. The molecule has 14 heavy (non-hydrogen) atoms. The first kappa shape index (κ1) is 14.8. The zero-order chi connectivity index (χ0) is 10.8. The van der Waals surface area contributed by atoms with Crippen LogP contribution in [-0.4, -0.2) is 40.9 Å². The van der Waals surface area contributed by atoms with Crippen LogP contribution in [0.5, 0.6) is 0 Å². The van der Waals surface area contributed by atoms with Crippen LogP contribution in [0, 0.1) is 0 Å². The second-order valence-corrected chi connectivity index (χ2v) is 6.00. The normalized spacial score (nSPS) is 10.6. The van der Waals surface area contributed by atoms with Crippen LogP contribution in [0.25, 0.3) is 0 Å². The molecular formula is C8H14Cl2O2S2. The average molecular weight is 277 g/mol. The number of alkyl halides is 2. The fraction of sp³-hybridized carbons (Fsp3) is 0.875. The van der Waals surface area contributed by atoms with Crippen molar-refractivity contribution in [1.29, 1.82) is 0 Å². The minimum Gasteiger partial charge on any atom is -0.469 e. The summed E-state index contributed by atoms with van der Waals surface area (Å²) in [6.07, 6.45) is 0.416. The number of carbonyl (C=O) groups is 1. The van der Waals surface area contributed by atoms with Crippen molar-refractivity contribution in [3.8, 4) is 0 Å². The lowest BCUT2D eigenvalue weighted by molar-refractivity contribution is -0.140. The number of thioether (sulfide) groups is 2. The number of rotatable bonds is 8. The van der Waals surface area contributed by atoms with E-state index in [0.29, 0.717) is 18.2 Å². The van der Waals surface area contributed by atoms with E-state index in [2.05, 4.69) is 4.74 Å². The predicted octanol–water partition coefficient (Wildman–Crippen LogP) is 2.82. The first-order valence-electron chi connectivity index (χ1n) is 4.16. The number of carbonyl (C=O) groups excluding carboxylic acids is 1. The van der Waals surface area contributed by atoms with E-state index in [-0.39, 0.29) is 10.6 Å². The van der Waals surface area contributed by atoms with Crippen LogP contribution < -0.4 is 0 Å². The minimum atomic E-state index is -0.181. The highest BCUT2D eigenvalue weighted by atomic mass is 35.5.